The third-order valence-electron chi connectivity index (χ3n) is 2.49. The lowest BCUT2D eigenvalue weighted by Gasteiger charge is -2.20. The molecule has 0 bridgehead atoms. The van der Waals surface area contributed by atoms with Crippen LogP contribution in [0.15, 0.2) is 0 Å². The number of hydrogen-bond acceptors (Lipinski definition) is 3. The summed E-state index contributed by atoms with van der Waals surface area (Å²) in [6.07, 6.45) is 1.84. The average molecular weight is 215 g/mol. The summed E-state index contributed by atoms with van der Waals surface area (Å²) in [6.45, 7) is 9.94. The van der Waals surface area contributed by atoms with Gasteiger partial charge in [-0.3, -0.25) is 4.79 Å². The zero-order valence-corrected chi connectivity index (χ0v) is 10.3. The molecule has 0 aromatic rings. The predicted molar refractivity (Wildman–Crippen MR) is 63.7 cm³/mol. The minimum absolute atomic E-state index is 0.0370. The van der Waals surface area contributed by atoms with Gasteiger partial charge in [-0.1, -0.05) is 20.8 Å². The SMILES string of the molecule is CCCN(CC)CCNC(=O)C(N)CC. The second-order valence-electron chi connectivity index (χ2n) is 3.74. The standard InChI is InChI=1S/C11H25N3O/c1-4-8-14(6-3)9-7-13-11(15)10(12)5-2/h10H,4-9,12H2,1-3H3,(H,13,15). The zero-order chi connectivity index (χ0) is 11.7. The Hall–Kier alpha value is -0.610. The first-order valence-corrected chi connectivity index (χ1v) is 5.91. The van der Waals surface area contributed by atoms with E-state index in [-0.39, 0.29) is 11.9 Å². The largest absolute Gasteiger partial charge is 0.353 e. The monoisotopic (exact) mass is 215 g/mol. The highest BCUT2D eigenvalue weighted by atomic mass is 16.2. The highest BCUT2D eigenvalue weighted by molar-refractivity contribution is 5.81. The summed E-state index contributed by atoms with van der Waals surface area (Å²) in [7, 11) is 0. The second kappa shape index (κ2) is 8.68. The molecule has 0 aliphatic heterocycles. The predicted octanol–water partition coefficient (Wildman–Crippen LogP) is 0.572. The van der Waals surface area contributed by atoms with Crippen molar-refractivity contribution in [3.8, 4) is 0 Å². The number of nitrogens with zero attached hydrogens (tertiary/aromatic N) is 1. The van der Waals surface area contributed by atoms with Gasteiger partial charge in [0.05, 0.1) is 6.04 Å². The lowest BCUT2D eigenvalue weighted by atomic mass is 10.2. The molecule has 15 heavy (non-hydrogen) atoms. The molecule has 0 saturated carbocycles. The topological polar surface area (TPSA) is 58.4 Å². The first-order valence-electron chi connectivity index (χ1n) is 5.91. The fraction of sp³-hybridized carbons (Fsp3) is 0.909. The molecule has 0 aromatic heterocycles. The molecule has 0 aliphatic carbocycles. The smallest absolute Gasteiger partial charge is 0.236 e. The second-order valence-corrected chi connectivity index (χ2v) is 3.74. The minimum atomic E-state index is -0.355. The quantitative estimate of drug-likeness (QED) is 0.622. The van der Waals surface area contributed by atoms with Crippen LogP contribution in [0.2, 0.25) is 0 Å². The molecule has 0 saturated heterocycles. The molecule has 3 N–H and O–H groups in total. The van der Waals surface area contributed by atoms with Crippen molar-refractivity contribution in [1.29, 1.82) is 0 Å². The number of hydrogen-bond donors (Lipinski definition) is 2. The molecule has 0 aliphatic rings. The van der Waals surface area contributed by atoms with Gasteiger partial charge in [-0.2, -0.15) is 0 Å². The van der Waals surface area contributed by atoms with E-state index in [2.05, 4.69) is 24.1 Å². The summed E-state index contributed by atoms with van der Waals surface area (Å²) >= 11 is 0. The van der Waals surface area contributed by atoms with Gasteiger partial charge in [-0.25, -0.2) is 0 Å². The van der Waals surface area contributed by atoms with Crippen LogP contribution in [-0.4, -0.2) is 43.0 Å². The van der Waals surface area contributed by atoms with Crippen LogP contribution >= 0.6 is 0 Å². The van der Waals surface area contributed by atoms with Crippen molar-refractivity contribution >= 4 is 5.91 Å². The number of likely N-dealkylation sites (N-methyl/N-ethyl adjacent to an activating group) is 1. The Kier molecular flexibility index (Phi) is 8.33. The first-order chi connectivity index (χ1) is 7.15. The number of carbonyl (C=O) groups is 1. The van der Waals surface area contributed by atoms with Crippen LogP contribution in [0.1, 0.15) is 33.6 Å². The number of nitrogens with one attached hydrogen (secondary N) is 1. The summed E-state index contributed by atoms with van der Waals surface area (Å²) in [5, 5.41) is 2.85. The van der Waals surface area contributed by atoms with Gasteiger partial charge in [0, 0.05) is 13.1 Å². The molecule has 1 amide bonds. The Bertz CT molecular complexity index is 173. The summed E-state index contributed by atoms with van der Waals surface area (Å²) in [5.41, 5.74) is 5.60. The molecule has 0 spiro atoms. The maximum atomic E-state index is 11.3. The van der Waals surface area contributed by atoms with Crippen molar-refractivity contribution in [1.82, 2.24) is 10.2 Å². The Morgan fingerprint density at radius 2 is 2.00 bits per heavy atom. The van der Waals surface area contributed by atoms with Gasteiger partial charge in [0.2, 0.25) is 5.91 Å². The van der Waals surface area contributed by atoms with Gasteiger partial charge in [-0.15, -0.1) is 0 Å². The van der Waals surface area contributed by atoms with Crippen LogP contribution < -0.4 is 11.1 Å². The van der Waals surface area contributed by atoms with E-state index < -0.39 is 0 Å². The van der Waals surface area contributed by atoms with Crippen LogP contribution in [0, 0.1) is 0 Å². The molecular formula is C11H25N3O. The lowest BCUT2D eigenvalue weighted by molar-refractivity contribution is -0.122. The lowest BCUT2D eigenvalue weighted by Crippen LogP contribution is -2.43. The van der Waals surface area contributed by atoms with Crippen molar-refractivity contribution in [3.63, 3.8) is 0 Å². The maximum absolute atomic E-state index is 11.3. The van der Waals surface area contributed by atoms with Gasteiger partial charge < -0.3 is 16.0 Å². The van der Waals surface area contributed by atoms with Crippen LogP contribution in [-0.2, 0) is 4.79 Å². The molecule has 4 heteroatoms. The average Bonchev–Trinajstić information content (AvgIpc) is 2.26. The van der Waals surface area contributed by atoms with Crippen molar-refractivity contribution in [2.45, 2.75) is 39.7 Å². The number of carbonyl (C=O) groups excluding carboxylic acids is 1. The molecule has 0 rings (SSSR count). The Balaban J connectivity index is 3.63. The first kappa shape index (κ1) is 14.4. The highest BCUT2D eigenvalue weighted by Gasteiger charge is 2.10. The van der Waals surface area contributed by atoms with E-state index in [1.54, 1.807) is 0 Å². The van der Waals surface area contributed by atoms with Crippen molar-refractivity contribution in [3.05, 3.63) is 0 Å². The molecular weight excluding hydrogens is 190 g/mol. The fourth-order valence-corrected chi connectivity index (χ4v) is 1.40. The van der Waals surface area contributed by atoms with Crippen LogP contribution in [0.25, 0.3) is 0 Å². The molecule has 0 fully saturated rings. The van der Waals surface area contributed by atoms with Crippen molar-refractivity contribution in [2.75, 3.05) is 26.2 Å². The van der Waals surface area contributed by atoms with E-state index in [1.165, 1.54) is 0 Å². The molecule has 1 unspecified atom stereocenters. The number of nitrogens with two attached hydrogens (primary N) is 1. The third kappa shape index (κ3) is 6.47. The van der Waals surface area contributed by atoms with E-state index in [4.69, 9.17) is 5.73 Å². The van der Waals surface area contributed by atoms with Gasteiger partial charge in [0.15, 0.2) is 0 Å². The summed E-state index contributed by atoms with van der Waals surface area (Å²) in [6, 6.07) is -0.355. The molecule has 0 radical (unpaired) electrons. The zero-order valence-electron chi connectivity index (χ0n) is 10.3. The van der Waals surface area contributed by atoms with Crippen molar-refractivity contribution < 1.29 is 4.79 Å². The van der Waals surface area contributed by atoms with Gasteiger partial charge >= 0.3 is 0 Å². The molecule has 0 heterocycles. The summed E-state index contributed by atoms with van der Waals surface area (Å²) in [5.74, 6) is -0.0370. The Labute approximate surface area is 93.2 Å². The molecule has 4 nitrogen and oxygen atoms in total. The van der Waals surface area contributed by atoms with E-state index >= 15 is 0 Å². The molecule has 0 aromatic carbocycles. The van der Waals surface area contributed by atoms with Crippen LogP contribution in [0.5, 0.6) is 0 Å². The van der Waals surface area contributed by atoms with E-state index in [0.29, 0.717) is 13.0 Å². The minimum Gasteiger partial charge on any atom is -0.353 e. The number of amides is 1. The number of rotatable bonds is 8. The summed E-state index contributed by atoms with van der Waals surface area (Å²) in [4.78, 5) is 13.7. The van der Waals surface area contributed by atoms with E-state index in [9.17, 15) is 4.79 Å². The summed E-state index contributed by atoms with van der Waals surface area (Å²) < 4.78 is 0. The van der Waals surface area contributed by atoms with Gasteiger partial charge in [0.25, 0.3) is 0 Å². The maximum Gasteiger partial charge on any atom is 0.236 e. The van der Waals surface area contributed by atoms with Crippen molar-refractivity contribution in [2.24, 2.45) is 5.73 Å². The third-order valence-corrected chi connectivity index (χ3v) is 2.49. The molecule has 90 valence electrons. The highest BCUT2D eigenvalue weighted by Crippen LogP contribution is 1.90. The normalized spacial score (nSPS) is 12.9. The van der Waals surface area contributed by atoms with Gasteiger partial charge in [-0.05, 0) is 25.9 Å². The fourth-order valence-electron chi connectivity index (χ4n) is 1.40. The molecule has 1 atom stereocenters. The Morgan fingerprint density at radius 3 is 2.47 bits per heavy atom. The Morgan fingerprint density at radius 1 is 1.33 bits per heavy atom. The van der Waals surface area contributed by atoms with Crippen LogP contribution in [0.4, 0.5) is 0 Å². The van der Waals surface area contributed by atoms with Gasteiger partial charge in [0.1, 0.15) is 0 Å². The van der Waals surface area contributed by atoms with E-state index in [0.717, 1.165) is 26.1 Å². The van der Waals surface area contributed by atoms with E-state index in [1.807, 2.05) is 6.92 Å². The van der Waals surface area contributed by atoms with Crippen LogP contribution in [0.3, 0.4) is 0 Å².